The summed E-state index contributed by atoms with van der Waals surface area (Å²) in [7, 11) is -3.98. The molecule has 3 amide bonds. The Morgan fingerprint density at radius 2 is 1.57 bits per heavy atom. The number of sulfonamides is 1. The molecular formula is C51H61N5O6S. The van der Waals surface area contributed by atoms with Gasteiger partial charge in [0.1, 0.15) is 22.9 Å². The average Bonchev–Trinajstić information content (AvgIpc) is 3.95. The van der Waals surface area contributed by atoms with Crippen LogP contribution in [0.15, 0.2) is 97.1 Å². The Kier molecular flexibility index (Phi) is 12.0. The van der Waals surface area contributed by atoms with Gasteiger partial charge in [0.25, 0.3) is 5.91 Å². The Labute approximate surface area is 372 Å². The molecule has 1 aromatic heterocycles. The molecule has 2 aliphatic carbocycles. The van der Waals surface area contributed by atoms with E-state index in [9.17, 15) is 13.2 Å². The average molecular weight is 872 g/mol. The van der Waals surface area contributed by atoms with E-state index in [0.29, 0.717) is 57.4 Å². The number of hydrogen-bond acceptors (Lipinski definition) is 8. The third-order valence-electron chi connectivity index (χ3n) is 14.8. The Morgan fingerprint density at radius 3 is 2.24 bits per heavy atom. The summed E-state index contributed by atoms with van der Waals surface area (Å²) in [6.07, 6.45) is 13.0. The Bertz CT molecular complexity index is 2450. The van der Waals surface area contributed by atoms with E-state index in [1.807, 2.05) is 67.6 Å². The van der Waals surface area contributed by atoms with E-state index in [1.165, 1.54) is 11.1 Å². The van der Waals surface area contributed by atoms with Crippen LogP contribution in [0.1, 0.15) is 99.9 Å². The third-order valence-corrected chi connectivity index (χ3v) is 17.0. The first-order valence-electron chi connectivity index (χ1n) is 23.1. The van der Waals surface area contributed by atoms with Gasteiger partial charge >= 0.3 is 0 Å². The van der Waals surface area contributed by atoms with Gasteiger partial charge in [-0.3, -0.25) is 24.0 Å². The smallest absolute Gasteiger partial charge is 0.259 e. The van der Waals surface area contributed by atoms with Crippen LogP contribution in [0.3, 0.4) is 0 Å². The van der Waals surface area contributed by atoms with Crippen LogP contribution in [0.5, 0.6) is 5.75 Å². The molecule has 4 aromatic rings. The fourth-order valence-electron chi connectivity index (χ4n) is 10.5. The molecule has 12 heteroatoms. The number of allylic oxidation sites excluding steroid dienone is 1. The van der Waals surface area contributed by atoms with Crippen LogP contribution >= 0.6 is 0 Å². The molecule has 1 spiro atoms. The molecule has 2 N–H and O–H groups in total. The minimum absolute atomic E-state index is 0.114. The van der Waals surface area contributed by atoms with Crippen molar-refractivity contribution in [1.29, 1.82) is 0 Å². The van der Waals surface area contributed by atoms with Gasteiger partial charge in [-0.1, -0.05) is 104 Å². The van der Waals surface area contributed by atoms with Crippen molar-refractivity contribution >= 4 is 38.6 Å². The molecule has 9 rings (SSSR count). The van der Waals surface area contributed by atoms with Gasteiger partial charge in [-0.25, -0.2) is 13.4 Å². The predicted molar refractivity (Wildman–Crippen MR) is 244 cm³/mol. The highest BCUT2D eigenvalue weighted by Gasteiger charge is 2.59. The highest BCUT2D eigenvalue weighted by atomic mass is 32.2. The minimum Gasteiger partial charge on any atom is -0.483 e. The largest absolute Gasteiger partial charge is 0.483 e. The SMILES string of the molecule is Cc1nc2ccccc2c2c1O[C@]1(CC2)C[C@H]2C(=O)N[C@]3(C(=O)NS(=O)(=O)C4(C)CC4)CC[C@H]3/C=C\CCCCC[C@H](N(CCc3ccccc3)CCc3ccccc3)C(=O)N2C1. The quantitative estimate of drug-likeness (QED) is 0.161. The number of aryl methyl sites for hydroxylation is 2. The van der Waals surface area contributed by atoms with E-state index in [-0.39, 0.29) is 25.3 Å². The monoisotopic (exact) mass is 871 g/mol. The fraction of sp³-hybridized carbons (Fsp3) is 0.490. The van der Waals surface area contributed by atoms with Crippen molar-refractivity contribution in [2.45, 2.75) is 132 Å². The van der Waals surface area contributed by atoms with Gasteiger partial charge < -0.3 is 15.0 Å². The molecule has 3 aromatic carbocycles. The summed E-state index contributed by atoms with van der Waals surface area (Å²) < 4.78 is 35.5. The molecule has 1 saturated heterocycles. The number of ether oxygens (including phenoxy) is 1. The summed E-state index contributed by atoms with van der Waals surface area (Å²) >= 11 is 0. The number of hydrogen-bond donors (Lipinski definition) is 2. The van der Waals surface area contributed by atoms with Crippen molar-refractivity contribution in [3.8, 4) is 5.75 Å². The molecule has 2 saturated carbocycles. The summed E-state index contributed by atoms with van der Waals surface area (Å²) in [5, 5.41) is 4.19. The molecule has 0 unspecified atom stereocenters. The Morgan fingerprint density at radius 1 is 0.889 bits per heavy atom. The van der Waals surface area contributed by atoms with Gasteiger partial charge in [0.2, 0.25) is 21.8 Å². The molecule has 0 radical (unpaired) electrons. The first-order valence-corrected chi connectivity index (χ1v) is 24.6. The van der Waals surface area contributed by atoms with Crippen LogP contribution in [0, 0.1) is 12.8 Å². The van der Waals surface area contributed by atoms with Crippen molar-refractivity contribution in [3.63, 3.8) is 0 Å². The molecular weight excluding hydrogens is 811 g/mol. The van der Waals surface area contributed by atoms with E-state index in [0.717, 1.165) is 60.7 Å². The van der Waals surface area contributed by atoms with Crippen molar-refractivity contribution in [3.05, 3.63) is 119 Å². The minimum atomic E-state index is -3.98. The number of rotatable bonds is 10. The summed E-state index contributed by atoms with van der Waals surface area (Å²) in [6, 6.07) is 27.3. The van der Waals surface area contributed by atoms with Gasteiger partial charge in [-0.05, 0) is 102 Å². The number of nitrogens with one attached hydrogen (secondary N) is 2. The maximum absolute atomic E-state index is 15.7. The number of nitrogens with zero attached hydrogens (tertiary/aromatic N) is 3. The van der Waals surface area contributed by atoms with Crippen molar-refractivity contribution < 1.29 is 27.5 Å². The van der Waals surface area contributed by atoms with Gasteiger partial charge in [0.05, 0.1) is 28.5 Å². The standard InChI is InChI=1S/C51H61N5O6S/c1-36-45-41(40-21-14-15-22-42(40)52-36)25-28-50(62-45)34-44-46(57)53-51(48(59)54-63(60,61)49(2)30-31-49)29-24-39(51)20-12-4-3-5-13-23-43(47(58)56(44)35-50)55(32-26-37-16-8-6-9-17-37)33-27-38-18-10-7-11-19-38/h6-12,14-22,39,43-44H,3-5,13,23-35H2,1-2H3,(H,53,57)(H,54,59)/b20-12-/t39-,43+,44+,50-,51-/m1/s1. The van der Waals surface area contributed by atoms with Crippen LogP contribution in [0.2, 0.25) is 0 Å². The topological polar surface area (TPSA) is 138 Å². The van der Waals surface area contributed by atoms with Gasteiger partial charge in [0, 0.05) is 36.4 Å². The van der Waals surface area contributed by atoms with Crippen molar-refractivity contribution in [2.24, 2.45) is 5.92 Å². The van der Waals surface area contributed by atoms with Crippen LogP contribution < -0.4 is 14.8 Å². The van der Waals surface area contributed by atoms with E-state index in [4.69, 9.17) is 9.72 Å². The molecule has 3 fully saturated rings. The second-order valence-electron chi connectivity index (χ2n) is 19.1. The molecule has 5 aliphatic rings. The van der Waals surface area contributed by atoms with Crippen LogP contribution in [0.4, 0.5) is 0 Å². The number of carbonyl (C=O) groups excluding carboxylic acids is 3. The van der Waals surface area contributed by atoms with Gasteiger partial charge in [-0.15, -0.1) is 0 Å². The second-order valence-corrected chi connectivity index (χ2v) is 21.3. The molecule has 3 aliphatic heterocycles. The number of carbonyl (C=O) groups is 3. The number of benzene rings is 3. The van der Waals surface area contributed by atoms with E-state index in [1.54, 1.807) is 11.8 Å². The van der Waals surface area contributed by atoms with Crippen molar-refractivity contribution in [1.82, 2.24) is 24.8 Å². The number of aromatic nitrogens is 1. The first-order chi connectivity index (χ1) is 30.4. The summed E-state index contributed by atoms with van der Waals surface area (Å²) in [4.78, 5) is 54.4. The molecule has 4 heterocycles. The van der Waals surface area contributed by atoms with Gasteiger partial charge in [0.15, 0.2) is 0 Å². The fourth-order valence-corrected chi connectivity index (χ4v) is 11.8. The number of amides is 3. The zero-order chi connectivity index (χ0) is 43.8. The maximum atomic E-state index is 15.7. The normalized spacial score (nSPS) is 27.5. The van der Waals surface area contributed by atoms with Crippen LogP contribution in [0.25, 0.3) is 10.9 Å². The molecule has 63 heavy (non-hydrogen) atoms. The Balaban J connectivity index is 1.09. The second kappa shape index (κ2) is 17.5. The van der Waals surface area contributed by atoms with Crippen LogP contribution in [-0.4, -0.2) is 88.5 Å². The number of fused-ring (bicyclic) bond motifs is 5. The lowest BCUT2D eigenvalue weighted by molar-refractivity contribution is -0.146. The van der Waals surface area contributed by atoms with E-state index < -0.39 is 55.7 Å². The molecule has 5 atom stereocenters. The van der Waals surface area contributed by atoms with E-state index in [2.05, 4.69) is 51.3 Å². The molecule has 0 bridgehead atoms. The van der Waals surface area contributed by atoms with Crippen LogP contribution in [-0.2, 0) is 43.7 Å². The summed E-state index contributed by atoms with van der Waals surface area (Å²) in [5.74, 6) is -0.968. The lowest BCUT2D eigenvalue weighted by atomic mass is 9.65. The van der Waals surface area contributed by atoms with Crippen molar-refractivity contribution in [2.75, 3.05) is 19.6 Å². The zero-order valence-electron chi connectivity index (χ0n) is 36.7. The number of pyridine rings is 1. The predicted octanol–water partition coefficient (Wildman–Crippen LogP) is 7.15. The highest BCUT2D eigenvalue weighted by molar-refractivity contribution is 7.91. The number of para-hydroxylation sites is 1. The molecule has 11 nitrogen and oxygen atoms in total. The highest BCUT2D eigenvalue weighted by Crippen LogP contribution is 2.47. The molecule has 332 valence electrons. The van der Waals surface area contributed by atoms with E-state index >= 15 is 9.59 Å². The first kappa shape index (κ1) is 43.2. The summed E-state index contributed by atoms with van der Waals surface area (Å²) in [6.45, 7) is 5.12. The van der Waals surface area contributed by atoms with Gasteiger partial charge in [-0.2, -0.15) is 0 Å². The third kappa shape index (κ3) is 8.65. The lowest BCUT2D eigenvalue weighted by Crippen LogP contribution is -2.70. The maximum Gasteiger partial charge on any atom is 0.259 e. The lowest BCUT2D eigenvalue weighted by Gasteiger charge is -2.48. The zero-order valence-corrected chi connectivity index (χ0v) is 37.5. The summed E-state index contributed by atoms with van der Waals surface area (Å²) in [5.41, 5.74) is 2.77. The Hall–Kier alpha value is -5.07.